The van der Waals surface area contributed by atoms with Crippen LogP contribution in [0.1, 0.15) is 24.1 Å². The molecule has 2 aromatic rings. The summed E-state index contributed by atoms with van der Waals surface area (Å²) in [6, 6.07) is 19.2. The summed E-state index contributed by atoms with van der Waals surface area (Å²) < 4.78 is 5.93. The van der Waals surface area contributed by atoms with Crippen molar-refractivity contribution < 1.29 is 4.74 Å². The fraction of sp³-hybridized carbons (Fsp3) is 0.294. The Balaban J connectivity index is 1.55. The molecule has 0 amide bonds. The second kappa shape index (κ2) is 5.45. The van der Waals surface area contributed by atoms with E-state index in [4.69, 9.17) is 4.74 Å². The van der Waals surface area contributed by atoms with Crippen LogP contribution in [0, 0.1) is 0 Å². The van der Waals surface area contributed by atoms with Crippen LogP contribution in [0.4, 0.5) is 0 Å². The van der Waals surface area contributed by atoms with E-state index in [-0.39, 0.29) is 6.10 Å². The Bertz CT molecular complexity index is 513. The van der Waals surface area contributed by atoms with Crippen LogP contribution in [0.2, 0.25) is 0 Å². The molecule has 1 aliphatic rings. The third-order valence-electron chi connectivity index (χ3n) is 3.67. The lowest BCUT2D eigenvalue weighted by atomic mass is 10.1. The van der Waals surface area contributed by atoms with Crippen molar-refractivity contribution in [1.82, 2.24) is 5.32 Å². The molecule has 0 saturated carbocycles. The second-order valence-electron chi connectivity index (χ2n) is 5.09. The Labute approximate surface area is 114 Å². The molecule has 1 N–H and O–H groups in total. The molecule has 0 bridgehead atoms. The number of rotatable bonds is 4. The van der Waals surface area contributed by atoms with Crippen molar-refractivity contribution in [2.24, 2.45) is 0 Å². The molecule has 2 atom stereocenters. The van der Waals surface area contributed by atoms with E-state index < -0.39 is 0 Å². The lowest BCUT2D eigenvalue weighted by Gasteiger charge is -2.17. The third kappa shape index (κ3) is 2.79. The smallest absolute Gasteiger partial charge is 0.123 e. The van der Waals surface area contributed by atoms with Gasteiger partial charge in [0.05, 0.1) is 0 Å². The monoisotopic (exact) mass is 253 g/mol. The highest BCUT2D eigenvalue weighted by molar-refractivity contribution is 5.37. The first-order valence-corrected chi connectivity index (χ1v) is 6.86. The van der Waals surface area contributed by atoms with Crippen molar-refractivity contribution in [3.05, 3.63) is 65.7 Å². The maximum atomic E-state index is 5.93. The van der Waals surface area contributed by atoms with Gasteiger partial charge in [0, 0.05) is 19.0 Å². The van der Waals surface area contributed by atoms with E-state index in [0.717, 1.165) is 18.7 Å². The fourth-order valence-corrected chi connectivity index (χ4v) is 2.54. The Kier molecular flexibility index (Phi) is 3.51. The zero-order valence-electron chi connectivity index (χ0n) is 11.2. The van der Waals surface area contributed by atoms with Crippen LogP contribution in [-0.2, 0) is 6.42 Å². The van der Waals surface area contributed by atoms with Gasteiger partial charge in [-0.05, 0) is 24.1 Å². The molecular weight excluding hydrogens is 234 g/mol. The largest absolute Gasteiger partial charge is 0.488 e. The molecule has 0 aliphatic carbocycles. The standard InChI is InChI=1S/C17H19NO/c1-13(14-7-3-2-4-8-14)18-12-16-11-15-9-5-6-10-17(15)19-16/h2-10,13,16,18H,11-12H2,1H3. The van der Waals surface area contributed by atoms with Gasteiger partial charge in [0.15, 0.2) is 0 Å². The lowest BCUT2D eigenvalue weighted by Crippen LogP contribution is -2.31. The topological polar surface area (TPSA) is 21.3 Å². The molecule has 2 nitrogen and oxygen atoms in total. The highest BCUT2D eigenvalue weighted by Crippen LogP contribution is 2.28. The van der Waals surface area contributed by atoms with Crippen molar-refractivity contribution in [2.45, 2.75) is 25.5 Å². The Morgan fingerprint density at radius 1 is 1.11 bits per heavy atom. The van der Waals surface area contributed by atoms with Gasteiger partial charge in [-0.25, -0.2) is 0 Å². The number of nitrogens with one attached hydrogen (secondary N) is 1. The van der Waals surface area contributed by atoms with Crippen molar-refractivity contribution in [3.63, 3.8) is 0 Å². The predicted octanol–water partition coefficient (Wildman–Crippen LogP) is 3.34. The van der Waals surface area contributed by atoms with Gasteiger partial charge in [-0.1, -0.05) is 48.5 Å². The van der Waals surface area contributed by atoms with Crippen LogP contribution in [0.5, 0.6) is 5.75 Å². The SMILES string of the molecule is CC(NCC1Cc2ccccc2O1)c1ccccc1. The van der Waals surface area contributed by atoms with Gasteiger partial charge in [-0.2, -0.15) is 0 Å². The van der Waals surface area contributed by atoms with Crippen LogP contribution in [0.15, 0.2) is 54.6 Å². The van der Waals surface area contributed by atoms with E-state index in [9.17, 15) is 0 Å². The number of hydrogen-bond donors (Lipinski definition) is 1. The normalized spacial score (nSPS) is 18.7. The van der Waals surface area contributed by atoms with Crippen LogP contribution >= 0.6 is 0 Å². The van der Waals surface area contributed by atoms with Crippen LogP contribution < -0.4 is 10.1 Å². The highest BCUT2D eigenvalue weighted by atomic mass is 16.5. The number of ether oxygens (including phenoxy) is 1. The molecule has 0 radical (unpaired) electrons. The summed E-state index contributed by atoms with van der Waals surface area (Å²) in [4.78, 5) is 0. The average molecular weight is 253 g/mol. The molecule has 2 aromatic carbocycles. The molecule has 3 rings (SSSR count). The van der Waals surface area contributed by atoms with Gasteiger partial charge in [0.2, 0.25) is 0 Å². The summed E-state index contributed by atoms with van der Waals surface area (Å²) in [5.74, 6) is 1.04. The maximum Gasteiger partial charge on any atom is 0.123 e. The molecule has 2 heteroatoms. The van der Waals surface area contributed by atoms with E-state index >= 15 is 0 Å². The first kappa shape index (κ1) is 12.2. The van der Waals surface area contributed by atoms with E-state index in [1.54, 1.807) is 0 Å². The number of hydrogen-bond acceptors (Lipinski definition) is 2. The van der Waals surface area contributed by atoms with E-state index in [1.165, 1.54) is 11.1 Å². The fourth-order valence-electron chi connectivity index (χ4n) is 2.54. The molecule has 0 spiro atoms. The van der Waals surface area contributed by atoms with Gasteiger partial charge < -0.3 is 10.1 Å². The number of para-hydroxylation sites is 1. The lowest BCUT2D eigenvalue weighted by molar-refractivity contribution is 0.222. The van der Waals surface area contributed by atoms with Crippen LogP contribution in [-0.4, -0.2) is 12.6 Å². The third-order valence-corrected chi connectivity index (χ3v) is 3.67. The van der Waals surface area contributed by atoms with E-state index in [2.05, 4.69) is 54.7 Å². The Morgan fingerprint density at radius 3 is 2.63 bits per heavy atom. The molecule has 0 fully saturated rings. The summed E-state index contributed by atoms with van der Waals surface area (Å²) in [5.41, 5.74) is 2.64. The zero-order chi connectivity index (χ0) is 13.1. The van der Waals surface area contributed by atoms with Gasteiger partial charge >= 0.3 is 0 Å². The number of benzene rings is 2. The van der Waals surface area contributed by atoms with Crippen molar-refractivity contribution >= 4 is 0 Å². The molecule has 0 aromatic heterocycles. The van der Waals surface area contributed by atoms with Gasteiger partial charge in [-0.3, -0.25) is 0 Å². The molecule has 98 valence electrons. The zero-order valence-corrected chi connectivity index (χ0v) is 11.2. The quantitative estimate of drug-likeness (QED) is 0.902. The van der Waals surface area contributed by atoms with Crippen LogP contribution in [0.3, 0.4) is 0 Å². The minimum atomic E-state index is 0.253. The average Bonchev–Trinajstić information content (AvgIpc) is 2.88. The predicted molar refractivity (Wildman–Crippen MR) is 77.4 cm³/mol. The number of fused-ring (bicyclic) bond motifs is 1. The van der Waals surface area contributed by atoms with E-state index in [0.29, 0.717) is 6.04 Å². The minimum absolute atomic E-state index is 0.253. The molecule has 1 heterocycles. The second-order valence-corrected chi connectivity index (χ2v) is 5.09. The summed E-state index contributed by atoms with van der Waals surface area (Å²) in [7, 11) is 0. The maximum absolute atomic E-state index is 5.93. The van der Waals surface area contributed by atoms with Gasteiger partial charge in [-0.15, -0.1) is 0 Å². The summed E-state index contributed by atoms with van der Waals surface area (Å²) in [6.45, 7) is 3.07. The molecule has 19 heavy (non-hydrogen) atoms. The molecule has 1 aliphatic heterocycles. The van der Waals surface area contributed by atoms with Gasteiger partial charge in [0.1, 0.15) is 11.9 Å². The molecular formula is C17H19NO. The molecule has 2 unspecified atom stereocenters. The Hall–Kier alpha value is -1.80. The van der Waals surface area contributed by atoms with Crippen molar-refractivity contribution in [1.29, 1.82) is 0 Å². The first-order valence-electron chi connectivity index (χ1n) is 6.86. The van der Waals surface area contributed by atoms with Gasteiger partial charge in [0.25, 0.3) is 0 Å². The first-order chi connectivity index (χ1) is 9.33. The summed E-state index contributed by atoms with van der Waals surface area (Å²) in [6.07, 6.45) is 1.26. The van der Waals surface area contributed by atoms with Crippen molar-refractivity contribution in [3.8, 4) is 5.75 Å². The summed E-state index contributed by atoms with van der Waals surface area (Å²) >= 11 is 0. The Morgan fingerprint density at radius 2 is 1.84 bits per heavy atom. The highest BCUT2D eigenvalue weighted by Gasteiger charge is 2.22. The van der Waals surface area contributed by atoms with Crippen LogP contribution in [0.25, 0.3) is 0 Å². The van der Waals surface area contributed by atoms with Crippen molar-refractivity contribution in [2.75, 3.05) is 6.54 Å². The van der Waals surface area contributed by atoms with E-state index in [1.807, 2.05) is 12.1 Å². The summed E-state index contributed by atoms with van der Waals surface area (Å²) in [5, 5.41) is 3.55. The molecule has 0 saturated heterocycles. The minimum Gasteiger partial charge on any atom is -0.488 e.